The van der Waals surface area contributed by atoms with Crippen LogP contribution in [0.15, 0.2) is 24.3 Å². The standard InChI is InChI=1S/C24H34F3NO2/c1-2-30-23(29)15-18-8-13-22(28-16-17-6-4-3-5-7-17)21(14-18)19-9-11-20(12-10-19)24(25,26)27/h9-12,17-18,21-22,28H,2-8,13-16H2,1H3. The Hall–Kier alpha value is -1.56. The number of benzene rings is 1. The van der Waals surface area contributed by atoms with Crippen LogP contribution in [-0.4, -0.2) is 25.2 Å². The third-order valence-electron chi connectivity index (χ3n) is 6.78. The first-order chi connectivity index (χ1) is 14.4. The maximum Gasteiger partial charge on any atom is 0.416 e. The van der Waals surface area contributed by atoms with Gasteiger partial charge in [-0.2, -0.15) is 13.2 Å². The van der Waals surface area contributed by atoms with Crippen molar-refractivity contribution in [2.45, 2.75) is 82.8 Å². The van der Waals surface area contributed by atoms with E-state index in [1.807, 2.05) is 0 Å². The maximum absolute atomic E-state index is 13.0. The van der Waals surface area contributed by atoms with Gasteiger partial charge in [0.05, 0.1) is 12.2 Å². The minimum absolute atomic E-state index is 0.115. The maximum atomic E-state index is 13.0. The lowest BCUT2D eigenvalue weighted by Crippen LogP contribution is -2.42. The lowest BCUT2D eigenvalue weighted by Gasteiger charge is -2.38. The van der Waals surface area contributed by atoms with Crippen LogP contribution in [0.25, 0.3) is 0 Å². The van der Waals surface area contributed by atoms with E-state index in [0.717, 1.165) is 31.4 Å². The third kappa shape index (κ3) is 6.47. The van der Waals surface area contributed by atoms with Gasteiger partial charge in [0.2, 0.25) is 0 Å². The number of alkyl halides is 3. The molecule has 168 valence electrons. The molecule has 0 amide bonds. The number of ether oxygens (including phenoxy) is 1. The van der Waals surface area contributed by atoms with Crippen molar-refractivity contribution in [2.75, 3.05) is 13.2 Å². The van der Waals surface area contributed by atoms with Gasteiger partial charge in [-0.3, -0.25) is 4.79 Å². The number of hydrogen-bond acceptors (Lipinski definition) is 3. The summed E-state index contributed by atoms with van der Waals surface area (Å²) in [7, 11) is 0. The molecule has 1 N–H and O–H groups in total. The Morgan fingerprint density at radius 2 is 1.73 bits per heavy atom. The molecule has 2 saturated carbocycles. The summed E-state index contributed by atoms with van der Waals surface area (Å²) in [4.78, 5) is 12.0. The van der Waals surface area contributed by atoms with E-state index in [-0.39, 0.29) is 23.8 Å². The number of carbonyl (C=O) groups excluding carboxylic acids is 1. The molecule has 3 nitrogen and oxygen atoms in total. The predicted octanol–water partition coefficient (Wildman–Crippen LogP) is 6.08. The summed E-state index contributed by atoms with van der Waals surface area (Å²) >= 11 is 0. The van der Waals surface area contributed by atoms with Crippen molar-refractivity contribution in [2.24, 2.45) is 11.8 Å². The molecule has 3 unspecified atom stereocenters. The van der Waals surface area contributed by atoms with E-state index in [1.54, 1.807) is 19.1 Å². The fourth-order valence-electron chi connectivity index (χ4n) is 5.14. The Labute approximate surface area is 177 Å². The first-order valence-electron chi connectivity index (χ1n) is 11.4. The van der Waals surface area contributed by atoms with Crippen molar-refractivity contribution < 1.29 is 22.7 Å². The molecule has 0 saturated heterocycles. The highest BCUT2D eigenvalue weighted by molar-refractivity contribution is 5.69. The number of esters is 1. The molecule has 2 aliphatic carbocycles. The van der Waals surface area contributed by atoms with Gasteiger partial charge in [0.1, 0.15) is 0 Å². The zero-order valence-electron chi connectivity index (χ0n) is 17.8. The molecule has 2 aliphatic rings. The number of rotatable bonds is 7. The third-order valence-corrected chi connectivity index (χ3v) is 6.78. The highest BCUT2D eigenvalue weighted by atomic mass is 19.4. The SMILES string of the molecule is CCOC(=O)CC1CCC(NCC2CCCCC2)C(c2ccc(C(F)(F)F)cc2)C1. The van der Waals surface area contributed by atoms with Gasteiger partial charge in [-0.25, -0.2) is 0 Å². The van der Waals surface area contributed by atoms with Gasteiger partial charge < -0.3 is 10.1 Å². The first-order valence-corrected chi connectivity index (χ1v) is 11.4. The largest absolute Gasteiger partial charge is 0.466 e. The van der Waals surface area contributed by atoms with Crippen LogP contribution in [0.3, 0.4) is 0 Å². The summed E-state index contributed by atoms with van der Waals surface area (Å²) in [6, 6.07) is 5.85. The van der Waals surface area contributed by atoms with Crippen molar-refractivity contribution in [3.63, 3.8) is 0 Å². The molecule has 0 aliphatic heterocycles. The van der Waals surface area contributed by atoms with E-state index in [4.69, 9.17) is 4.74 Å². The van der Waals surface area contributed by atoms with Crippen LogP contribution >= 0.6 is 0 Å². The van der Waals surface area contributed by atoms with Gasteiger partial charge in [-0.15, -0.1) is 0 Å². The Kier molecular flexibility index (Phi) is 8.20. The van der Waals surface area contributed by atoms with Gasteiger partial charge >= 0.3 is 12.1 Å². The summed E-state index contributed by atoms with van der Waals surface area (Å²) in [5, 5.41) is 3.75. The van der Waals surface area contributed by atoms with Crippen LogP contribution in [-0.2, 0) is 15.7 Å². The van der Waals surface area contributed by atoms with Crippen molar-refractivity contribution in [3.05, 3.63) is 35.4 Å². The molecular weight excluding hydrogens is 391 g/mol. The molecule has 0 bridgehead atoms. The van der Waals surface area contributed by atoms with Crippen LogP contribution in [0.1, 0.15) is 81.8 Å². The molecule has 0 heterocycles. The Morgan fingerprint density at radius 1 is 1.03 bits per heavy atom. The van der Waals surface area contributed by atoms with E-state index in [2.05, 4.69) is 5.32 Å². The topological polar surface area (TPSA) is 38.3 Å². The lowest BCUT2D eigenvalue weighted by atomic mass is 9.73. The van der Waals surface area contributed by atoms with E-state index in [0.29, 0.717) is 18.9 Å². The number of halogens is 3. The van der Waals surface area contributed by atoms with Crippen LogP contribution < -0.4 is 5.32 Å². The van der Waals surface area contributed by atoms with Crippen LogP contribution in [0.2, 0.25) is 0 Å². The van der Waals surface area contributed by atoms with Gasteiger partial charge in [-0.05, 0) is 81.0 Å². The molecule has 0 aromatic heterocycles. The fourth-order valence-corrected chi connectivity index (χ4v) is 5.14. The normalized spacial score (nSPS) is 25.8. The van der Waals surface area contributed by atoms with E-state index < -0.39 is 11.7 Å². The van der Waals surface area contributed by atoms with E-state index >= 15 is 0 Å². The average Bonchev–Trinajstić information content (AvgIpc) is 2.73. The summed E-state index contributed by atoms with van der Waals surface area (Å²) in [6.07, 6.45) is 5.17. The molecule has 2 fully saturated rings. The number of nitrogens with one attached hydrogen (secondary N) is 1. The van der Waals surface area contributed by atoms with Gasteiger partial charge in [0.15, 0.2) is 0 Å². The smallest absolute Gasteiger partial charge is 0.416 e. The summed E-state index contributed by atoms with van der Waals surface area (Å²) in [5.41, 5.74) is 0.314. The molecule has 6 heteroatoms. The zero-order valence-corrected chi connectivity index (χ0v) is 17.8. The fraction of sp³-hybridized carbons (Fsp3) is 0.708. The monoisotopic (exact) mass is 425 g/mol. The van der Waals surface area contributed by atoms with Crippen molar-refractivity contribution in [1.29, 1.82) is 0 Å². The zero-order chi connectivity index (χ0) is 21.6. The highest BCUT2D eigenvalue weighted by Crippen LogP contribution is 2.39. The second-order valence-corrected chi connectivity index (χ2v) is 8.93. The predicted molar refractivity (Wildman–Crippen MR) is 111 cm³/mol. The minimum Gasteiger partial charge on any atom is -0.466 e. The quantitative estimate of drug-likeness (QED) is 0.538. The van der Waals surface area contributed by atoms with E-state index in [9.17, 15) is 18.0 Å². The van der Waals surface area contributed by atoms with Crippen molar-refractivity contribution in [1.82, 2.24) is 5.32 Å². The molecule has 1 aromatic carbocycles. The molecular formula is C24H34F3NO2. The molecule has 3 rings (SSSR count). The second kappa shape index (κ2) is 10.7. The number of carbonyl (C=O) groups is 1. The Morgan fingerprint density at radius 3 is 2.37 bits per heavy atom. The summed E-state index contributed by atoms with van der Waals surface area (Å²) in [6.45, 7) is 3.15. The summed E-state index contributed by atoms with van der Waals surface area (Å²) in [5.74, 6) is 0.847. The number of hydrogen-bond donors (Lipinski definition) is 1. The van der Waals surface area contributed by atoms with Crippen molar-refractivity contribution in [3.8, 4) is 0 Å². The molecule has 30 heavy (non-hydrogen) atoms. The van der Waals surface area contributed by atoms with Gasteiger partial charge in [0, 0.05) is 12.5 Å². The highest BCUT2D eigenvalue weighted by Gasteiger charge is 2.34. The molecule has 1 aromatic rings. The van der Waals surface area contributed by atoms with E-state index in [1.165, 1.54) is 44.2 Å². The minimum atomic E-state index is -4.32. The second-order valence-electron chi connectivity index (χ2n) is 8.93. The summed E-state index contributed by atoms with van der Waals surface area (Å²) < 4.78 is 44.1. The molecule has 0 radical (unpaired) electrons. The first kappa shape index (κ1) is 23.1. The van der Waals surface area contributed by atoms with Gasteiger partial charge in [0.25, 0.3) is 0 Å². The van der Waals surface area contributed by atoms with Crippen molar-refractivity contribution >= 4 is 5.97 Å². The van der Waals surface area contributed by atoms with Crippen LogP contribution in [0, 0.1) is 11.8 Å². The Balaban J connectivity index is 1.69. The molecule has 3 atom stereocenters. The Bertz CT molecular complexity index is 668. The van der Waals surface area contributed by atoms with Gasteiger partial charge in [-0.1, -0.05) is 31.4 Å². The lowest BCUT2D eigenvalue weighted by molar-refractivity contribution is -0.144. The van der Waals surface area contributed by atoms with Crippen LogP contribution in [0.4, 0.5) is 13.2 Å². The van der Waals surface area contributed by atoms with Crippen LogP contribution in [0.5, 0.6) is 0 Å². The average molecular weight is 426 g/mol. The molecule has 0 spiro atoms.